The summed E-state index contributed by atoms with van der Waals surface area (Å²) in [7, 11) is 0. The Morgan fingerprint density at radius 1 is 1.22 bits per heavy atom. The number of halogens is 3. The van der Waals surface area contributed by atoms with Crippen molar-refractivity contribution in [3.63, 3.8) is 0 Å². The van der Waals surface area contributed by atoms with Gasteiger partial charge in [0.2, 0.25) is 0 Å². The summed E-state index contributed by atoms with van der Waals surface area (Å²) < 4.78 is 40.0. The van der Waals surface area contributed by atoms with Crippen molar-refractivity contribution < 1.29 is 22.7 Å². The van der Waals surface area contributed by atoms with Crippen molar-refractivity contribution in [2.75, 3.05) is 11.9 Å². The van der Waals surface area contributed by atoms with E-state index in [1.807, 2.05) is 0 Å². The van der Waals surface area contributed by atoms with E-state index in [4.69, 9.17) is 5.73 Å². The van der Waals surface area contributed by atoms with Crippen LogP contribution in [0.4, 0.5) is 23.7 Å². The monoisotopic (exact) mass is 331 g/mol. The van der Waals surface area contributed by atoms with E-state index in [1.165, 1.54) is 12.1 Å². The number of urea groups is 1. The third-order valence-electron chi connectivity index (χ3n) is 3.87. The first kappa shape index (κ1) is 17.4. The zero-order chi connectivity index (χ0) is 16.9. The predicted molar refractivity (Wildman–Crippen MR) is 80.1 cm³/mol. The van der Waals surface area contributed by atoms with Gasteiger partial charge in [-0.3, -0.25) is 0 Å². The number of ether oxygens (including phenoxy) is 1. The molecule has 4 N–H and O–H groups in total. The summed E-state index contributed by atoms with van der Waals surface area (Å²) in [6.45, 7) is 0.522. The van der Waals surface area contributed by atoms with Crippen LogP contribution in [0.5, 0.6) is 5.75 Å². The first-order valence-corrected chi connectivity index (χ1v) is 7.51. The topological polar surface area (TPSA) is 76.4 Å². The summed E-state index contributed by atoms with van der Waals surface area (Å²) in [6.07, 6.45) is -0.698. The fourth-order valence-electron chi connectivity index (χ4n) is 2.76. The molecule has 2 unspecified atom stereocenters. The average molecular weight is 331 g/mol. The molecule has 5 nitrogen and oxygen atoms in total. The van der Waals surface area contributed by atoms with Gasteiger partial charge >= 0.3 is 12.4 Å². The van der Waals surface area contributed by atoms with Crippen LogP contribution in [0.3, 0.4) is 0 Å². The molecular weight excluding hydrogens is 311 g/mol. The standard InChI is InChI=1S/C15H20F3N3O2/c16-15(17,18)23-12-7-5-11(6-8-12)20-14(22)21-13-4-2-1-3-10(13)9-19/h5-8,10,13H,1-4,9,19H2,(H2,20,21,22). The Bertz CT molecular complexity index is 520. The van der Waals surface area contributed by atoms with Gasteiger partial charge in [-0.25, -0.2) is 4.79 Å². The summed E-state index contributed by atoms with van der Waals surface area (Å²) in [4.78, 5) is 12.0. The van der Waals surface area contributed by atoms with Crippen LogP contribution in [0.25, 0.3) is 0 Å². The fourth-order valence-corrected chi connectivity index (χ4v) is 2.76. The van der Waals surface area contributed by atoms with Gasteiger partial charge in [-0.2, -0.15) is 0 Å². The molecule has 2 amide bonds. The largest absolute Gasteiger partial charge is 0.573 e. The van der Waals surface area contributed by atoms with Crippen LogP contribution in [0, 0.1) is 5.92 Å². The van der Waals surface area contributed by atoms with Gasteiger partial charge in [0.15, 0.2) is 0 Å². The Balaban J connectivity index is 1.87. The lowest BCUT2D eigenvalue weighted by molar-refractivity contribution is -0.274. The summed E-state index contributed by atoms with van der Waals surface area (Å²) in [5, 5.41) is 5.48. The number of benzene rings is 1. The van der Waals surface area contributed by atoms with Crippen LogP contribution in [0.15, 0.2) is 24.3 Å². The summed E-state index contributed by atoms with van der Waals surface area (Å²) in [5.41, 5.74) is 6.10. The highest BCUT2D eigenvalue weighted by atomic mass is 19.4. The molecule has 0 saturated heterocycles. The SMILES string of the molecule is NCC1CCCCC1NC(=O)Nc1ccc(OC(F)(F)F)cc1. The van der Waals surface area contributed by atoms with Crippen LogP contribution >= 0.6 is 0 Å². The molecular formula is C15H20F3N3O2. The highest BCUT2D eigenvalue weighted by Gasteiger charge is 2.31. The van der Waals surface area contributed by atoms with Crippen molar-refractivity contribution in [3.8, 4) is 5.75 Å². The van der Waals surface area contributed by atoms with Gasteiger partial charge in [-0.05, 0) is 49.6 Å². The van der Waals surface area contributed by atoms with E-state index in [1.54, 1.807) is 0 Å². The van der Waals surface area contributed by atoms with Gasteiger partial charge in [0.05, 0.1) is 0 Å². The molecule has 1 aliphatic carbocycles. The molecule has 0 spiro atoms. The van der Waals surface area contributed by atoms with Crippen molar-refractivity contribution in [2.45, 2.75) is 38.1 Å². The van der Waals surface area contributed by atoms with E-state index in [0.29, 0.717) is 12.2 Å². The molecule has 0 radical (unpaired) electrons. The van der Waals surface area contributed by atoms with E-state index < -0.39 is 6.36 Å². The number of anilines is 1. The minimum absolute atomic E-state index is 0.0292. The number of hydrogen-bond acceptors (Lipinski definition) is 3. The number of amides is 2. The van der Waals surface area contributed by atoms with E-state index in [2.05, 4.69) is 15.4 Å². The fraction of sp³-hybridized carbons (Fsp3) is 0.533. The second-order valence-electron chi connectivity index (χ2n) is 5.56. The smallest absolute Gasteiger partial charge is 0.406 e. The van der Waals surface area contributed by atoms with Gasteiger partial charge in [-0.15, -0.1) is 13.2 Å². The molecule has 1 saturated carbocycles. The molecule has 1 aromatic carbocycles. The highest BCUT2D eigenvalue weighted by molar-refractivity contribution is 5.89. The highest BCUT2D eigenvalue weighted by Crippen LogP contribution is 2.25. The Morgan fingerprint density at radius 2 is 1.87 bits per heavy atom. The third-order valence-corrected chi connectivity index (χ3v) is 3.87. The van der Waals surface area contributed by atoms with E-state index in [0.717, 1.165) is 37.8 Å². The van der Waals surface area contributed by atoms with Crippen LogP contribution in [-0.2, 0) is 0 Å². The van der Waals surface area contributed by atoms with Crippen LogP contribution in [0.2, 0.25) is 0 Å². The number of carbonyl (C=O) groups excluding carboxylic acids is 1. The second kappa shape index (κ2) is 7.54. The van der Waals surface area contributed by atoms with Gasteiger partial charge in [0.25, 0.3) is 0 Å². The molecule has 1 fully saturated rings. The number of hydrogen-bond donors (Lipinski definition) is 3. The van der Waals surface area contributed by atoms with Crippen molar-refractivity contribution in [2.24, 2.45) is 11.7 Å². The first-order valence-electron chi connectivity index (χ1n) is 7.51. The predicted octanol–water partition coefficient (Wildman–Crippen LogP) is 3.22. The van der Waals surface area contributed by atoms with Gasteiger partial charge < -0.3 is 21.1 Å². The molecule has 2 atom stereocenters. The van der Waals surface area contributed by atoms with E-state index >= 15 is 0 Å². The molecule has 2 rings (SSSR count). The molecule has 0 aromatic heterocycles. The Labute approximate surface area is 132 Å². The van der Waals surface area contributed by atoms with Crippen molar-refractivity contribution in [1.29, 1.82) is 0 Å². The van der Waals surface area contributed by atoms with Crippen molar-refractivity contribution in [3.05, 3.63) is 24.3 Å². The van der Waals surface area contributed by atoms with Gasteiger partial charge in [0.1, 0.15) is 5.75 Å². The summed E-state index contributed by atoms with van der Waals surface area (Å²) >= 11 is 0. The molecule has 23 heavy (non-hydrogen) atoms. The van der Waals surface area contributed by atoms with Crippen LogP contribution < -0.4 is 21.1 Å². The lowest BCUT2D eigenvalue weighted by Crippen LogP contribution is -2.46. The van der Waals surface area contributed by atoms with Crippen molar-refractivity contribution >= 4 is 11.7 Å². The zero-order valence-electron chi connectivity index (χ0n) is 12.5. The van der Waals surface area contributed by atoms with E-state index in [-0.39, 0.29) is 23.7 Å². The van der Waals surface area contributed by atoms with Gasteiger partial charge in [-0.1, -0.05) is 12.8 Å². The molecule has 8 heteroatoms. The molecule has 1 aliphatic rings. The van der Waals surface area contributed by atoms with Gasteiger partial charge in [0, 0.05) is 11.7 Å². The number of alkyl halides is 3. The normalized spacial score (nSPS) is 21.6. The Kier molecular flexibility index (Phi) is 5.70. The molecule has 0 aliphatic heterocycles. The molecule has 128 valence electrons. The van der Waals surface area contributed by atoms with Crippen molar-refractivity contribution in [1.82, 2.24) is 5.32 Å². The maximum Gasteiger partial charge on any atom is 0.573 e. The van der Waals surface area contributed by atoms with E-state index in [9.17, 15) is 18.0 Å². The third kappa shape index (κ3) is 5.63. The molecule has 1 aromatic rings. The number of rotatable bonds is 4. The Morgan fingerprint density at radius 3 is 2.48 bits per heavy atom. The van der Waals surface area contributed by atoms with Crippen LogP contribution in [-0.4, -0.2) is 25.0 Å². The molecule has 0 bridgehead atoms. The quantitative estimate of drug-likeness (QED) is 0.793. The summed E-state index contributed by atoms with van der Waals surface area (Å²) in [6, 6.07) is 4.63. The number of nitrogens with two attached hydrogens (primary N) is 1. The zero-order valence-corrected chi connectivity index (χ0v) is 12.5. The average Bonchev–Trinajstić information content (AvgIpc) is 2.48. The lowest BCUT2D eigenvalue weighted by atomic mass is 9.84. The maximum absolute atomic E-state index is 12.1. The summed E-state index contributed by atoms with van der Waals surface area (Å²) in [5.74, 6) is -0.0732. The maximum atomic E-state index is 12.1. The first-order chi connectivity index (χ1) is 10.9. The second-order valence-corrected chi connectivity index (χ2v) is 5.56. The number of carbonyl (C=O) groups is 1. The minimum atomic E-state index is -4.73. The Hall–Kier alpha value is -1.96. The number of nitrogens with one attached hydrogen (secondary N) is 2. The molecule has 0 heterocycles. The lowest BCUT2D eigenvalue weighted by Gasteiger charge is -2.31. The minimum Gasteiger partial charge on any atom is -0.406 e. The van der Waals surface area contributed by atoms with Crippen LogP contribution in [0.1, 0.15) is 25.7 Å².